The van der Waals surface area contributed by atoms with E-state index in [1.54, 1.807) is 14.2 Å². The lowest BCUT2D eigenvalue weighted by molar-refractivity contribution is -0.114. The molecule has 1 aliphatic rings. The van der Waals surface area contributed by atoms with Gasteiger partial charge < -0.3 is 29.7 Å². The number of likely N-dealkylation sites (tertiary alicyclic amines) is 1. The van der Waals surface area contributed by atoms with Crippen LogP contribution in [0.1, 0.15) is 13.3 Å². The van der Waals surface area contributed by atoms with Gasteiger partial charge in [-0.2, -0.15) is 0 Å². The van der Waals surface area contributed by atoms with Gasteiger partial charge in [0.05, 0.1) is 26.4 Å². The monoisotopic (exact) mass is 520 g/mol. The van der Waals surface area contributed by atoms with E-state index in [9.17, 15) is 4.79 Å². The van der Waals surface area contributed by atoms with E-state index in [4.69, 9.17) is 14.2 Å². The Bertz CT molecular complexity index is 645. The molecule has 0 saturated carbocycles. The predicted molar refractivity (Wildman–Crippen MR) is 125 cm³/mol. The maximum atomic E-state index is 11.1. The molecular formula is C20H33IN4O4. The molecule has 2 rings (SSSR count). The first-order chi connectivity index (χ1) is 13.6. The van der Waals surface area contributed by atoms with Gasteiger partial charge in [-0.1, -0.05) is 6.07 Å². The second-order valence-electron chi connectivity index (χ2n) is 6.70. The molecule has 164 valence electrons. The maximum absolute atomic E-state index is 11.1. The molecule has 0 spiro atoms. The van der Waals surface area contributed by atoms with Crippen LogP contribution in [0, 0.1) is 5.92 Å². The molecule has 8 nitrogen and oxygen atoms in total. The number of guanidine groups is 1. The van der Waals surface area contributed by atoms with E-state index < -0.39 is 0 Å². The Morgan fingerprint density at radius 1 is 1.31 bits per heavy atom. The van der Waals surface area contributed by atoms with Crippen LogP contribution in [0.4, 0.5) is 5.69 Å². The first kappa shape index (κ1) is 25.4. The van der Waals surface area contributed by atoms with E-state index in [2.05, 4.69) is 20.5 Å². The first-order valence-corrected chi connectivity index (χ1v) is 9.65. The second-order valence-corrected chi connectivity index (χ2v) is 6.70. The van der Waals surface area contributed by atoms with Crippen LogP contribution >= 0.6 is 24.0 Å². The molecule has 0 aromatic heterocycles. The summed E-state index contributed by atoms with van der Waals surface area (Å²) in [6, 6.07) is 7.36. The minimum absolute atomic E-state index is 0. The molecule has 0 radical (unpaired) electrons. The van der Waals surface area contributed by atoms with Gasteiger partial charge in [0, 0.05) is 51.8 Å². The molecule has 1 atom stereocenters. The summed E-state index contributed by atoms with van der Waals surface area (Å²) in [5, 5.41) is 6.09. The standard InChI is InChI=1S/C20H32N4O4.HI/c1-16(25)23-18-5-4-6-19(13-18)28-10-8-22-20(21-2)24-9-7-17(14-24)15-27-12-11-26-3;/h4-6,13,17H,7-12,14-15H2,1-3H3,(H,21,22)(H,23,25);1H. The van der Waals surface area contributed by atoms with Crippen molar-refractivity contribution >= 4 is 41.5 Å². The number of carbonyl (C=O) groups is 1. The van der Waals surface area contributed by atoms with Gasteiger partial charge in [-0.05, 0) is 18.6 Å². The van der Waals surface area contributed by atoms with Gasteiger partial charge >= 0.3 is 0 Å². The van der Waals surface area contributed by atoms with Crippen molar-refractivity contribution in [3.63, 3.8) is 0 Å². The van der Waals surface area contributed by atoms with Gasteiger partial charge in [0.1, 0.15) is 12.4 Å². The predicted octanol–water partition coefficient (Wildman–Crippen LogP) is 2.20. The van der Waals surface area contributed by atoms with Gasteiger partial charge in [0.2, 0.25) is 5.91 Å². The SMILES string of the molecule is CN=C(NCCOc1cccc(NC(C)=O)c1)N1CCC(COCCOC)C1.I. The van der Waals surface area contributed by atoms with Gasteiger partial charge in [-0.15, -0.1) is 24.0 Å². The van der Waals surface area contributed by atoms with Crippen LogP contribution in [-0.2, 0) is 14.3 Å². The maximum Gasteiger partial charge on any atom is 0.221 e. The number of methoxy groups -OCH3 is 1. The van der Waals surface area contributed by atoms with Crippen molar-refractivity contribution < 1.29 is 19.0 Å². The number of aliphatic imine (C=N–C) groups is 1. The highest BCUT2D eigenvalue weighted by molar-refractivity contribution is 14.0. The molecule has 1 unspecified atom stereocenters. The highest BCUT2D eigenvalue weighted by atomic mass is 127. The number of hydrogen-bond acceptors (Lipinski definition) is 5. The fourth-order valence-electron chi connectivity index (χ4n) is 3.08. The van der Waals surface area contributed by atoms with Gasteiger partial charge in [0.15, 0.2) is 5.96 Å². The molecule has 1 amide bonds. The lowest BCUT2D eigenvalue weighted by atomic mass is 10.1. The van der Waals surface area contributed by atoms with Gasteiger partial charge in [-0.25, -0.2) is 0 Å². The second kappa shape index (κ2) is 14.4. The molecule has 1 fully saturated rings. The zero-order valence-corrected chi connectivity index (χ0v) is 19.8. The minimum atomic E-state index is -0.101. The highest BCUT2D eigenvalue weighted by Crippen LogP contribution is 2.18. The smallest absolute Gasteiger partial charge is 0.221 e. The Morgan fingerprint density at radius 2 is 2.14 bits per heavy atom. The molecule has 2 N–H and O–H groups in total. The lowest BCUT2D eigenvalue weighted by Crippen LogP contribution is -2.41. The number of nitrogens with zero attached hydrogens (tertiary/aromatic N) is 2. The van der Waals surface area contributed by atoms with Crippen LogP contribution in [0.5, 0.6) is 5.75 Å². The molecule has 29 heavy (non-hydrogen) atoms. The molecule has 9 heteroatoms. The molecule has 1 heterocycles. The van der Waals surface area contributed by atoms with E-state index >= 15 is 0 Å². The van der Waals surface area contributed by atoms with E-state index in [0.717, 1.165) is 43.5 Å². The third kappa shape index (κ3) is 9.64. The molecule has 1 aliphatic heterocycles. The Hall–Kier alpha value is -1.59. The summed E-state index contributed by atoms with van der Waals surface area (Å²) < 4.78 is 16.4. The Kier molecular flexibility index (Phi) is 12.6. The number of carbonyl (C=O) groups excluding carboxylic acids is 1. The summed E-state index contributed by atoms with van der Waals surface area (Å²) in [5.41, 5.74) is 0.726. The summed E-state index contributed by atoms with van der Waals surface area (Å²) in [4.78, 5) is 17.8. The fourth-order valence-corrected chi connectivity index (χ4v) is 3.08. The zero-order valence-electron chi connectivity index (χ0n) is 17.5. The first-order valence-electron chi connectivity index (χ1n) is 9.65. The van der Waals surface area contributed by atoms with Crippen molar-refractivity contribution in [2.45, 2.75) is 13.3 Å². The number of hydrogen-bond donors (Lipinski definition) is 2. The number of halogens is 1. The Labute approximate surface area is 190 Å². The molecule has 1 aromatic rings. The minimum Gasteiger partial charge on any atom is -0.492 e. The number of anilines is 1. The summed E-state index contributed by atoms with van der Waals surface area (Å²) in [7, 11) is 3.47. The van der Waals surface area contributed by atoms with Crippen molar-refractivity contribution in [2.75, 3.05) is 65.5 Å². The van der Waals surface area contributed by atoms with Gasteiger partial charge in [0.25, 0.3) is 0 Å². The van der Waals surface area contributed by atoms with Crippen LogP contribution in [0.25, 0.3) is 0 Å². The number of rotatable bonds is 10. The van der Waals surface area contributed by atoms with Crippen molar-refractivity contribution in [3.8, 4) is 5.75 Å². The summed E-state index contributed by atoms with van der Waals surface area (Å²) in [5.74, 6) is 2.02. The van der Waals surface area contributed by atoms with E-state index in [-0.39, 0.29) is 29.9 Å². The zero-order chi connectivity index (χ0) is 20.2. The number of amides is 1. The normalized spacial score (nSPS) is 16.3. The number of benzene rings is 1. The van der Waals surface area contributed by atoms with Crippen LogP contribution in [-0.4, -0.2) is 77.0 Å². The third-order valence-electron chi connectivity index (χ3n) is 4.39. The topological polar surface area (TPSA) is 84.4 Å². The number of ether oxygens (including phenoxy) is 3. The molecular weight excluding hydrogens is 487 g/mol. The fraction of sp³-hybridized carbons (Fsp3) is 0.600. The van der Waals surface area contributed by atoms with Crippen LogP contribution in [0.2, 0.25) is 0 Å². The van der Waals surface area contributed by atoms with Crippen molar-refractivity contribution in [3.05, 3.63) is 24.3 Å². The molecule has 0 bridgehead atoms. The summed E-state index contributed by atoms with van der Waals surface area (Å²) >= 11 is 0. The van der Waals surface area contributed by atoms with Gasteiger partial charge in [-0.3, -0.25) is 9.79 Å². The average molecular weight is 520 g/mol. The highest BCUT2D eigenvalue weighted by Gasteiger charge is 2.24. The Morgan fingerprint density at radius 3 is 2.86 bits per heavy atom. The van der Waals surface area contributed by atoms with Crippen LogP contribution < -0.4 is 15.4 Å². The van der Waals surface area contributed by atoms with E-state index in [1.807, 2.05) is 24.3 Å². The molecule has 1 aromatic carbocycles. The lowest BCUT2D eigenvalue weighted by Gasteiger charge is -2.22. The Balaban J connectivity index is 0.00000420. The van der Waals surface area contributed by atoms with Crippen molar-refractivity contribution in [2.24, 2.45) is 10.9 Å². The van der Waals surface area contributed by atoms with Crippen LogP contribution in [0.15, 0.2) is 29.3 Å². The van der Waals surface area contributed by atoms with Crippen LogP contribution in [0.3, 0.4) is 0 Å². The van der Waals surface area contributed by atoms with Crippen molar-refractivity contribution in [1.29, 1.82) is 0 Å². The third-order valence-corrected chi connectivity index (χ3v) is 4.39. The van der Waals surface area contributed by atoms with Crippen molar-refractivity contribution in [1.82, 2.24) is 10.2 Å². The summed E-state index contributed by atoms with van der Waals surface area (Å²) in [6.07, 6.45) is 1.10. The summed E-state index contributed by atoms with van der Waals surface area (Å²) in [6.45, 7) is 6.56. The van der Waals surface area contributed by atoms with E-state index in [1.165, 1.54) is 6.92 Å². The molecule has 0 aliphatic carbocycles. The average Bonchev–Trinajstić information content (AvgIpc) is 3.14. The largest absolute Gasteiger partial charge is 0.492 e. The van der Waals surface area contributed by atoms with E-state index in [0.29, 0.717) is 32.3 Å². The number of nitrogens with one attached hydrogen (secondary N) is 2. The quantitative estimate of drug-likeness (QED) is 0.213. The molecule has 1 saturated heterocycles.